The number of hydrogen-bond acceptors (Lipinski definition) is 1. The van der Waals surface area contributed by atoms with E-state index in [9.17, 15) is 17.7 Å². The van der Waals surface area contributed by atoms with E-state index in [4.69, 9.17) is 0 Å². The van der Waals surface area contributed by atoms with E-state index < -0.39 is 12.3 Å². The van der Waals surface area contributed by atoms with E-state index in [1.807, 2.05) is 4.94 Å². The van der Waals surface area contributed by atoms with Gasteiger partial charge in [-0.1, -0.05) is 0 Å². The second kappa shape index (κ2) is 2.30. The van der Waals surface area contributed by atoms with Gasteiger partial charge in [-0.2, -0.15) is 8.78 Å². The first-order valence-corrected chi connectivity index (χ1v) is 1.82. The fraction of sp³-hybridized carbons (Fsp3) is 1.00. The molecule has 0 N–H and O–H groups in total. The Hall–Kier alpha value is -0.320. The Bertz CT molecular complexity index is 71.7. The Labute approximate surface area is 43.1 Å². The third-order valence-corrected chi connectivity index (χ3v) is 0.566. The molecule has 1 atom stereocenters. The van der Waals surface area contributed by atoms with Crippen LogP contribution in [0.25, 0.3) is 0 Å². The molecule has 0 amide bonds. The van der Waals surface area contributed by atoms with Gasteiger partial charge in [-0.3, -0.25) is 0 Å². The van der Waals surface area contributed by atoms with Crippen molar-refractivity contribution in [1.82, 2.24) is 0 Å². The number of rotatable bonds is 2. The minimum absolute atomic E-state index is 0.500. The van der Waals surface area contributed by atoms with Gasteiger partial charge < -0.3 is 0 Å². The minimum atomic E-state index is -4.29. The second-order valence-electron chi connectivity index (χ2n) is 1.25. The summed E-state index contributed by atoms with van der Waals surface area (Å²) in [4.78, 5) is 1.99. The van der Waals surface area contributed by atoms with Gasteiger partial charge in [0, 0.05) is 0 Å². The van der Waals surface area contributed by atoms with E-state index >= 15 is 0 Å². The fourth-order valence-electron chi connectivity index (χ4n) is 0.0614. The molecule has 0 aromatic rings. The van der Waals surface area contributed by atoms with E-state index in [1.165, 1.54) is 0 Å². The third-order valence-electron chi connectivity index (χ3n) is 0.566. The van der Waals surface area contributed by atoms with E-state index in [-0.39, 0.29) is 0 Å². The smallest absolute Gasteiger partial charge is 0.238 e. The zero-order valence-electron chi connectivity index (χ0n) is 4.00. The van der Waals surface area contributed by atoms with Gasteiger partial charge in [-0.25, -0.2) is 4.39 Å². The number of halogens is 4. The maximum Gasteiger partial charge on any atom is 0.416 e. The van der Waals surface area contributed by atoms with Crippen LogP contribution in [0, 0.1) is 0 Å². The predicted octanol–water partition coefficient (Wildman–Crippen LogP) is 1.84. The average molecular weight is 132 g/mol. The molecule has 0 aliphatic rings. The summed E-state index contributed by atoms with van der Waals surface area (Å²) < 4.78 is 44.5. The molecule has 8 heavy (non-hydrogen) atoms. The lowest BCUT2D eigenvalue weighted by Crippen LogP contribution is -2.27. The van der Waals surface area contributed by atoms with E-state index in [2.05, 4.69) is 0 Å². The Morgan fingerprint density at radius 1 is 1.50 bits per heavy atom. The standard InChI is InChI=1S/C3H4F4O/c1-2(4)3(5,6)8-7/h2H,1H3. The number of alkyl halides is 3. The van der Waals surface area contributed by atoms with Gasteiger partial charge in [0.2, 0.25) is 0 Å². The van der Waals surface area contributed by atoms with E-state index in [0.717, 1.165) is 0 Å². The Morgan fingerprint density at radius 3 is 1.88 bits per heavy atom. The first kappa shape index (κ1) is 7.68. The van der Waals surface area contributed by atoms with Crippen LogP contribution in [0.1, 0.15) is 6.92 Å². The lowest BCUT2D eigenvalue weighted by molar-refractivity contribution is -0.373. The van der Waals surface area contributed by atoms with Crippen LogP contribution in [0.15, 0.2) is 0 Å². The molecule has 0 rings (SSSR count). The highest BCUT2D eigenvalue weighted by molar-refractivity contribution is 4.57. The molecular formula is C3H4F4O. The zero-order chi connectivity index (χ0) is 6.78. The summed E-state index contributed by atoms with van der Waals surface area (Å²) in [5, 5.41) is 0. The molecular weight excluding hydrogens is 128 g/mol. The van der Waals surface area contributed by atoms with Gasteiger partial charge in [0.15, 0.2) is 6.17 Å². The maximum absolute atomic E-state index is 11.4. The van der Waals surface area contributed by atoms with Crippen molar-refractivity contribution in [2.75, 3.05) is 0 Å². The fourth-order valence-corrected chi connectivity index (χ4v) is 0.0614. The molecule has 0 aromatic heterocycles. The first-order chi connectivity index (χ1) is 3.50. The highest BCUT2D eigenvalue weighted by Crippen LogP contribution is 2.22. The SMILES string of the molecule is CC(F)C(F)(F)OF. The summed E-state index contributed by atoms with van der Waals surface area (Å²) in [5.74, 6) is 0. The van der Waals surface area contributed by atoms with Crippen LogP contribution >= 0.6 is 0 Å². The number of hydrogen-bond donors (Lipinski definition) is 0. The Kier molecular flexibility index (Phi) is 2.21. The third kappa shape index (κ3) is 1.65. The topological polar surface area (TPSA) is 9.23 Å². The second-order valence-corrected chi connectivity index (χ2v) is 1.25. The summed E-state index contributed by atoms with van der Waals surface area (Å²) >= 11 is 0. The predicted molar refractivity (Wildman–Crippen MR) is 17.7 cm³/mol. The summed E-state index contributed by atoms with van der Waals surface area (Å²) in [5.41, 5.74) is 0. The molecule has 0 aromatic carbocycles. The summed E-state index contributed by atoms with van der Waals surface area (Å²) in [6, 6.07) is 0. The molecule has 1 unspecified atom stereocenters. The molecule has 0 aliphatic heterocycles. The molecule has 0 saturated carbocycles. The summed E-state index contributed by atoms with van der Waals surface area (Å²) in [6.45, 7) is 0.500. The van der Waals surface area contributed by atoms with Crippen molar-refractivity contribution >= 4 is 0 Å². The summed E-state index contributed by atoms with van der Waals surface area (Å²) in [6.07, 6.45) is -6.91. The van der Waals surface area contributed by atoms with Crippen molar-refractivity contribution in [3.05, 3.63) is 0 Å². The molecule has 5 heteroatoms. The maximum atomic E-state index is 11.4. The minimum Gasteiger partial charge on any atom is -0.238 e. The quantitative estimate of drug-likeness (QED) is 0.521. The lowest BCUT2D eigenvalue weighted by atomic mass is 10.4. The van der Waals surface area contributed by atoms with Crippen LogP contribution in [-0.2, 0) is 4.94 Å². The van der Waals surface area contributed by atoms with Crippen molar-refractivity contribution in [2.45, 2.75) is 19.2 Å². The van der Waals surface area contributed by atoms with Gasteiger partial charge in [-0.05, 0) is 11.4 Å². The van der Waals surface area contributed by atoms with Crippen molar-refractivity contribution in [3.8, 4) is 0 Å². The molecule has 0 fully saturated rings. The molecule has 50 valence electrons. The molecule has 0 spiro atoms. The average Bonchev–Trinajstić information content (AvgIpc) is 1.67. The normalized spacial score (nSPS) is 16.1. The van der Waals surface area contributed by atoms with Gasteiger partial charge >= 0.3 is 6.11 Å². The molecule has 0 heterocycles. The van der Waals surface area contributed by atoms with Crippen LogP contribution in [0.4, 0.5) is 17.7 Å². The molecule has 1 nitrogen and oxygen atoms in total. The monoisotopic (exact) mass is 132 g/mol. The van der Waals surface area contributed by atoms with E-state index in [0.29, 0.717) is 6.92 Å². The molecule has 0 bridgehead atoms. The van der Waals surface area contributed by atoms with Crippen LogP contribution in [0.2, 0.25) is 0 Å². The highest BCUT2D eigenvalue weighted by atomic mass is 19.4. The van der Waals surface area contributed by atoms with Crippen LogP contribution < -0.4 is 0 Å². The lowest BCUT2D eigenvalue weighted by Gasteiger charge is -2.09. The van der Waals surface area contributed by atoms with Gasteiger partial charge in [0.1, 0.15) is 0 Å². The largest absolute Gasteiger partial charge is 0.416 e. The van der Waals surface area contributed by atoms with Crippen molar-refractivity contribution < 1.29 is 22.6 Å². The van der Waals surface area contributed by atoms with Gasteiger partial charge in [-0.15, -0.1) is 4.94 Å². The Balaban J connectivity index is 3.71. The summed E-state index contributed by atoms with van der Waals surface area (Å²) in [7, 11) is 0. The van der Waals surface area contributed by atoms with Crippen LogP contribution in [-0.4, -0.2) is 12.3 Å². The molecule has 0 saturated heterocycles. The van der Waals surface area contributed by atoms with Crippen molar-refractivity contribution in [1.29, 1.82) is 0 Å². The molecule has 0 aliphatic carbocycles. The Morgan fingerprint density at radius 2 is 1.88 bits per heavy atom. The van der Waals surface area contributed by atoms with E-state index in [1.54, 1.807) is 0 Å². The zero-order valence-corrected chi connectivity index (χ0v) is 4.00. The van der Waals surface area contributed by atoms with Crippen molar-refractivity contribution in [3.63, 3.8) is 0 Å². The van der Waals surface area contributed by atoms with Crippen LogP contribution in [0.3, 0.4) is 0 Å². The first-order valence-electron chi connectivity index (χ1n) is 1.82. The highest BCUT2D eigenvalue weighted by Gasteiger charge is 2.39. The van der Waals surface area contributed by atoms with Gasteiger partial charge in [0.25, 0.3) is 0 Å². The van der Waals surface area contributed by atoms with Crippen LogP contribution in [0.5, 0.6) is 0 Å². The van der Waals surface area contributed by atoms with Gasteiger partial charge in [0.05, 0.1) is 0 Å². The molecule has 0 radical (unpaired) electrons. The van der Waals surface area contributed by atoms with Crippen molar-refractivity contribution in [2.24, 2.45) is 0 Å².